The van der Waals surface area contributed by atoms with Crippen molar-refractivity contribution in [2.45, 2.75) is 18.9 Å². The normalized spacial score (nSPS) is 18.5. The third-order valence-electron chi connectivity index (χ3n) is 3.46. The van der Waals surface area contributed by atoms with Crippen molar-refractivity contribution in [1.29, 1.82) is 0 Å². The van der Waals surface area contributed by atoms with Gasteiger partial charge in [0, 0.05) is 18.5 Å². The molecule has 1 heterocycles. The predicted octanol–water partition coefficient (Wildman–Crippen LogP) is 2.55. The molecule has 0 aromatic heterocycles. The first-order valence-electron chi connectivity index (χ1n) is 6.30. The molecule has 1 amide bonds. The minimum Gasteiger partial charge on any atom is -0.496 e. The summed E-state index contributed by atoms with van der Waals surface area (Å²) in [5, 5.41) is 0. The highest BCUT2D eigenvalue weighted by molar-refractivity contribution is 6.18. The number of carbonyl (C=O) groups excluding carboxylic acids is 1. The fraction of sp³-hybridized carbons (Fsp3) is 0.500. The number of nitrogens with zero attached hydrogens (tertiary/aromatic N) is 1. The van der Waals surface area contributed by atoms with Gasteiger partial charge in [-0.15, -0.1) is 11.6 Å². The van der Waals surface area contributed by atoms with Gasteiger partial charge in [0.2, 0.25) is 0 Å². The smallest absolute Gasteiger partial charge is 0.261 e. The number of carbonyl (C=O) groups is 1. The van der Waals surface area contributed by atoms with Gasteiger partial charge in [-0.1, -0.05) is 6.07 Å². The highest BCUT2D eigenvalue weighted by Crippen LogP contribution is 2.32. The van der Waals surface area contributed by atoms with E-state index in [1.165, 1.54) is 0 Å². The van der Waals surface area contributed by atoms with E-state index in [2.05, 4.69) is 0 Å². The number of benzene rings is 1. The Morgan fingerprint density at radius 1 is 1.37 bits per heavy atom. The molecule has 1 fully saturated rings. The number of ether oxygens (including phenoxy) is 2. The van der Waals surface area contributed by atoms with Crippen molar-refractivity contribution in [2.24, 2.45) is 0 Å². The molecule has 0 N–H and O–H groups in total. The third kappa shape index (κ3) is 2.63. The highest BCUT2D eigenvalue weighted by Gasteiger charge is 2.31. The number of methoxy groups -OCH3 is 2. The Morgan fingerprint density at radius 2 is 2.00 bits per heavy atom. The lowest BCUT2D eigenvalue weighted by molar-refractivity contribution is 0.0742. The summed E-state index contributed by atoms with van der Waals surface area (Å²) in [5.74, 6) is 1.45. The van der Waals surface area contributed by atoms with Crippen LogP contribution in [0.3, 0.4) is 0 Å². The molecule has 4 nitrogen and oxygen atoms in total. The minimum absolute atomic E-state index is 0.0718. The summed E-state index contributed by atoms with van der Waals surface area (Å²) in [6.07, 6.45) is 1.94. The summed E-state index contributed by atoms with van der Waals surface area (Å²) < 4.78 is 10.6. The molecule has 2 rings (SSSR count). The van der Waals surface area contributed by atoms with Gasteiger partial charge in [-0.3, -0.25) is 4.79 Å². The van der Waals surface area contributed by atoms with Crippen LogP contribution in [0.4, 0.5) is 0 Å². The maximum Gasteiger partial charge on any atom is 0.261 e. The number of halogens is 1. The molecule has 104 valence electrons. The molecule has 1 unspecified atom stereocenters. The molecule has 1 aromatic carbocycles. The van der Waals surface area contributed by atoms with E-state index in [9.17, 15) is 4.79 Å². The Balaban J connectivity index is 2.37. The summed E-state index contributed by atoms with van der Waals surface area (Å²) >= 11 is 5.93. The molecule has 1 aromatic rings. The largest absolute Gasteiger partial charge is 0.496 e. The van der Waals surface area contributed by atoms with Crippen LogP contribution >= 0.6 is 11.6 Å². The Morgan fingerprint density at radius 3 is 2.53 bits per heavy atom. The van der Waals surface area contributed by atoms with Gasteiger partial charge in [-0.25, -0.2) is 0 Å². The molecule has 1 aliphatic rings. The molecule has 1 saturated heterocycles. The van der Waals surface area contributed by atoms with E-state index in [1.54, 1.807) is 32.4 Å². The quantitative estimate of drug-likeness (QED) is 0.797. The first-order valence-corrected chi connectivity index (χ1v) is 6.84. The van der Waals surface area contributed by atoms with E-state index < -0.39 is 0 Å². The van der Waals surface area contributed by atoms with Gasteiger partial charge in [0.05, 0.1) is 14.2 Å². The third-order valence-corrected chi connectivity index (χ3v) is 3.81. The number of hydrogen-bond donors (Lipinski definition) is 0. The molecular weight excluding hydrogens is 266 g/mol. The van der Waals surface area contributed by atoms with Gasteiger partial charge in [0.15, 0.2) is 0 Å². The standard InChI is InChI=1S/C14H18ClNO3/c1-18-11-6-3-7-12(19-2)13(11)14(17)16-8-4-5-10(16)9-15/h3,6-7,10H,4-5,8-9H2,1-2H3. The van der Waals surface area contributed by atoms with Crippen LogP contribution in [-0.2, 0) is 0 Å². The minimum atomic E-state index is -0.0718. The molecule has 0 saturated carbocycles. The SMILES string of the molecule is COc1cccc(OC)c1C(=O)N1CCCC1CCl. The van der Waals surface area contributed by atoms with Crippen molar-refractivity contribution in [3.05, 3.63) is 23.8 Å². The molecule has 0 spiro atoms. The summed E-state index contributed by atoms with van der Waals surface area (Å²) in [6.45, 7) is 0.734. The van der Waals surface area contributed by atoms with Gasteiger partial charge in [-0.05, 0) is 25.0 Å². The van der Waals surface area contributed by atoms with Crippen LogP contribution in [0.15, 0.2) is 18.2 Å². The maximum atomic E-state index is 12.7. The van der Waals surface area contributed by atoms with E-state index >= 15 is 0 Å². The Hall–Kier alpha value is -1.42. The first-order chi connectivity index (χ1) is 9.22. The molecule has 19 heavy (non-hydrogen) atoms. The Bertz CT molecular complexity index is 442. The number of alkyl halides is 1. The number of amides is 1. The second kappa shape index (κ2) is 6.15. The van der Waals surface area contributed by atoms with Gasteiger partial charge in [0.1, 0.15) is 17.1 Å². The Kier molecular flexibility index (Phi) is 4.53. The fourth-order valence-corrected chi connectivity index (χ4v) is 2.79. The van der Waals surface area contributed by atoms with Gasteiger partial charge in [-0.2, -0.15) is 0 Å². The zero-order chi connectivity index (χ0) is 13.8. The second-order valence-corrected chi connectivity index (χ2v) is 4.80. The van der Waals surface area contributed by atoms with Crippen LogP contribution < -0.4 is 9.47 Å². The van der Waals surface area contributed by atoms with Crippen LogP contribution in [-0.4, -0.2) is 43.5 Å². The summed E-state index contributed by atoms with van der Waals surface area (Å²) in [7, 11) is 3.10. The van der Waals surface area contributed by atoms with Crippen LogP contribution in [0.5, 0.6) is 11.5 Å². The van der Waals surface area contributed by atoms with Crippen molar-refractivity contribution in [3.63, 3.8) is 0 Å². The van der Waals surface area contributed by atoms with Gasteiger partial charge >= 0.3 is 0 Å². The average molecular weight is 284 g/mol. The highest BCUT2D eigenvalue weighted by atomic mass is 35.5. The molecule has 0 bridgehead atoms. The van der Waals surface area contributed by atoms with E-state index in [-0.39, 0.29) is 11.9 Å². The molecule has 0 radical (unpaired) electrons. The zero-order valence-corrected chi connectivity index (χ0v) is 11.9. The van der Waals surface area contributed by atoms with Crippen LogP contribution in [0.1, 0.15) is 23.2 Å². The zero-order valence-electron chi connectivity index (χ0n) is 11.2. The first kappa shape index (κ1) is 14.0. The number of rotatable bonds is 4. The van der Waals surface area contributed by atoms with E-state index in [4.69, 9.17) is 21.1 Å². The van der Waals surface area contributed by atoms with Crippen LogP contribution in [0.2, 0.25) is 0 Å². The topological polar surface area (TPSA) is 38.8 Å². The van der Waals surface area contributed by atoms with Crippen LogP contribution in [0.25, 0.3) is 0 Å². The Labute approximate surface area is 118 Å². The van der Waals surface area contributed by atoms with Crippen molar-refractivity contribution < 1.29 is 14.3 Å². The van der Waals surface area contributed by atoms with Gasteiger partial charge < -0.3 is 14.4 Å². The van der Waals surface area contributed by atoms with Crippen molar-refractivity contribution in [2.75, 3.05) is 26.6 Å². The van der Waals surface area contributed by atoms with E-state index in [1.807, 2.05) is 4.90 Å². The van der Waals surface area contributed by atoms with Crippen LogP contribution in [0, 0.1) is 0 Å². The second-order valence-electron chi connectivity index (χ2n) is 4.49. The molecule has 1 atom stereocenters. The molecule has 0 aliphatic carbocycles. The molecule has 5 heteroatoms. The molecule has 1 aliphatic heterocycles. The van der Waals surface area contributed by atoms with Crippen molar-refractivity contribution >= 4 is 17.5 Å². The van der Waals surface area contributed by atoms with Crippen molar-refractivity contribution in [3.8, 4) is 11.5 Å². The summed E-state index contributed by atoms with van der Waals surface area (Å²) in [5.41, 5.74) is 0.476. The number of hydrogen-bond acceptors (Lipinski definition) is 3. The summed E-state index contributed by atoms with van der Waals surface area (Å²) in [4.78, 5) is 14.5. The monoisotopic (exact) mass is 283 g/mol. The van der Waals surface area contributed by atoms with Crippen molar-refractivity contribution in [1.82, 2.24) is 4.90 Å². The molecular formula is C14H18ClNO3. The lowest BCUT2D eigenvalue weighted by Gasteiger charge is -2.24. The number of likely N-dealkylation sites (tertiary alicyclic amines) is 1. The lowest BCUT2D eigenvalue weighted by Crippen LogP contribution is -2.36. The fourth-order valence-electron chi connectivity index (χ4n) is 2.47. The summed E-state index contributed by atoms with van der Waals surface area (Å²) in [6, 6.07) is 5.43. The lowest BCUT2D eigenvalue weighted by atomic mass is 10.1. The van der Waals surface area contributed by atoms with Gasteiger partial charge in [0.25, 0.3) is 5.91 Å². The van der Waals surface area contributed by atoms with E-state index in [0.29, 0.717) is 22.9 Å². The maximum absolute atomic E-state index is 12.7. The predicted molar refractivity (Wildman–Crippen MR) is 74.3 cm³/mol. The average Bonchev–Trinajstić information content (AvgIpc) is 2.93. The van der Waals surface area contributed by atoms with E-state index in [0.717, 1.165) is 19.4 Å².